The molecule has 3 aromatic rings. The van der Waals surface area contributed by atoms with Gasteiger partial charge < -0.3 is 20.3 Å². The van der Waals surface area contributed by atoms with Crippen LogP contribution in [-0.4, -0.2) is 35.1 Å². The first-order chi connectivity index (χ1) is 12.0. The first kappa shape index (κ1) is 16.7. The van der Waals surface area contributed by atoms with Crippen LogP contribution in [-0.2, 0) is 6.61 Å². The molecule has 0 fully saturated rings. The number of pyridine rings is 2. The smallest absolute Gasteiger partial charge is 0.262 e. The minimum Gasteiger partial charge on any atom is -0.392 e. The molecule has 1 aromatic carbocycles. The highest BCUT2D eigenvalue weighted by Crippen LogP contribution is 2.24. The third-order valence-electron chi connectivity index (χ3n) is 3.91. The highest BCUT2D eigenvalue weighted by molar-refractivity contribution is 6.07. The first-order valence-corrected chi connectivity index (χ1v) is 7.70. The van der Waals surface area contributed by atoms with Crippen LogP contribution in [0, 0.1) is 0 Å². The van der Waals surface area contributed by atoms with Gasteiger partial charge in [-0.15, -0.1) is 0 Å². The summed E-state index contributed by atoms with van der Waals surface area (Å²) in [4.78, 5) is 33.6. The topological polar surface area (TPSA) is 98.3 Å². The van der Waals surface area contributed by atoms with Crippen molar-refractivity contribution in [3.05, 3.63) is 64.1 Å². The van der Waals surface area contributed by atoms with Gasteiger partial charge in [0.15, 0.2) is 0 Å². The third-order valence-corrected chi connectivity index (χ3v) is 3.91. The van der Waals surface area contributed by atoms with Gasteiger partial charge in [-0.05, 0) is 30.3 Å². The number of anilines is 2. The molecule has 7 nitrogen and oxygen atoms in total. The Bertz CT molecular complexity index is 981. The monoisotopic (exact) mass is 338 g/mol. The highest BCUT2D eigenvalue weighted by atomic mass is 16.3. The lowest BCUT2D eigenvalue weighted by molar-refractivity contribution is 0.102. The van der Waals surface area contributed by atoms with E-state index in [1.54, 1.807) is 24.3 Å². The van der Waals surface area contributed by atoms with Crippen molar-refractivity contribution in [1.29, 1.82) is 0 Å². The molecule has 2 aromatic heterocycles. The maximum absolute atomic E-state index is 12.6. The van der Waals surface area contributed by atoms with Crippen LogP contribution >= 0.6 is 0 Å². The largest absolute Gasteiger partial charge is 0.392 e. The predicted octanol–water partition coefficient (Wildman–Crippen LogP) is 1.73. The Morgan fingerprint density at radius 1 is 1.28 bits per heavy atom. The quantitative estimate of drug-likeness (QED) is 0.673. The zero-order chi connectivity index (χ0) is 18.0. The second-order valence-electron chi connectivity index (χ2n) is 5.76. The summed E-state index contributed by atoms with van der Waals surface area (Å²) in [7, 11) is 3.78. The van der Waals surface area contributed by atoms with Crippen molar-refractivity contribution in [1.82, 2.24) is 9.97 Å². The van der Waals surface area contributed by atoms with E-state index in [0.717, 1.165) is 5.69 Å². The van der Waals surface area contributed by atoms with Crippen LogP contribution in [0.25, 0.3) is 10.9 Å². The number of hydrogen-bond donors (Lipinski definition) is 3. The maximum atomic E-state index is 12.6. The van der Waals surface area contributed by atoms with Crippen LogP contribution in [0.15, 0.2) is 47.4 Å². The summed E-state index contributed by atoms with van der Waals surface area (Å²) in [5.41, 5.74) is 1.08. The molecule has 128 valence electrons. The molecule has 0 aliphatic heterocycles. The summed E-state index contributed by atoms with van der Waals surface area (Å²) in [6.07, 6.45) is 1.54. The summed E-state index contributed by atoms with van der Waals surface area (Å²) in [5.74, 6) is -0.279. The summed E-state index contributed by atoms with van der Waals surface area (Å²) in [5, 5.41) is 13.0. The molecule has 0 radical (unpaired) electrons. The third kappa shape index (κ3) is 3.22. The number of hydrogen-bond acceptors (Lipinski definition) is 5. The van der Waals surface area contributed by atoms with Crippen molar-refractivity contribution in [2.24, 2.45) is 0 Å². The van der Waals surface area contributed by atoms with Crippen molar-refractivity contribution >= 4 is 28.3 Å². The Kier molecular flexibility index (Phi) is 4.49. The maximum Gasteiger partial charge on any atom is 0.262 e. The van der Waals surface area contributed by atoms with Crippen molar-refractivity contribution in [3.8, 4) is 0 Å². The molecule has 0 saturated heterocycles. The minimum atomic E-state index is -0.610. The lowest BCUT2D eigenvalue weighted by Gasteiger charge is -2.15. The molecule has 0 aliphatic carbocycles. The average molecular weight is 338 g/mol. The highest BCUT2D eigenvalue weighted by Gasteiger charge is 2.19. The molecule has 0 spiro atoms. The first-order valence-electron chi connectivity index (χ1n) is 7.70. The number of fused-ring (bicyclic) bond motifs is 1. The fourth-order valence-electron chi connectivity index (χ4n) is 2.65. The number of aliphatic hydroxyl groups is 1. The van der Waals surface area contributed by atoms with Gasteiger partial charge in [0.25, 0.3) is 11.5 Å². The van der Waals surface area contributed by atoms with E-state index in [9.17, 15) is 14.7 Å². The second kappa shape index (κ2) is 6.74. The van der Waals surface area contributed by atoms with Gasteiger partial charge in [0.05, 0.1) is 6.61 Å². The van der Waals surface area contributed by atoms with Crippen molar-refractivity contribution in [2.75, 3.05) is 24.3 Å². The van der Waals surface area contributed by atoms with Crippen LogP contribution in [0.2, 0.25) is 0 Å². The van der Waals surface area contributed by atoms with Gasteiger partial charge in [0, 0.05) is 42.4 Å². The summed E-state index contributed by atoms with van der Waals surface area (Å²) < 4.78 is 0. The SMILES string of the molecule is CN(C)c1ccc2[nH]c(=O)c(C(=O)Nc3ccccn3)c(CO)c2c1. The van der Waals surface area contributed by atoms with Crippen LogP contribution < -0.4 is 15.8 Å². The number of amides is 1. The summed E-state index contributed by atoms with van der Waals surface area (Å²) in [6.45, 7) is -0.428. The number of carbonyl (C=O) groups is 1. The van der Waals surface area contributed by atoms with E-state index in [1.165, 1.54) is 6.20 Å². The Labute approximate surface area is 143 Å². The summed E-state index contributed by atoms with van der Waals surface area (Å²) >= 11 is 0. The number of aromatic amines is 1. The molecular weight excluding hydrogens is 320 g/mol. The number of rotatable bonds is 4. The molecule has 1 amide bonds. The molecule has 0 atom stereocenters. The zero-order valence-corrected chi connectivity index (χ0v) is 13.9. The Hall–Kier alpha value is -3.19. The number of aromatic nitrogens is 2. The Balaban J connectivity index is 2.15. The van der Waals surface area contributed by atoms with Crippen LogP contribution in [0.3, 0.4) is 0 Å². The average Bonchev–Trinajstić information content (AvgIpc) is 2.60. The van der Waals surface area contributed by atoms with Crippen LogP contribution in [0.1, 0.15) is 15.9 Å². The van der Waals surface area contributed by atoms with Gasteiger partial charge in [-0.1, -0.05) is 6.07 Å². The zero-order valence-electron chi connectivity index (χ0n) is 13.9. The fourth-order valence-corrected chi connectivity index (χ4v) is 2.65. The second-order valence-corrected chi connectivity index (χ2v) is 5.76. The normalized spacial score (nSPS) is 10.7. The van der Waals surface area contributed by atoms with Gasteiger partial charge >= 0.3 is 0 Å². The minimum absolute atomic E-state index is 0.114. The van der Waals surface area contributed by atoms with E-state index >= 15 is 0 Å². The molecule has 2 heterocycles. The summed E-state index contributed by atoms with van der Waals surface area (Å²) in [6, 6.07) is 10.5. The number of carbonyl (C=O) groups excluding carboxylic acids is 1. The molecule has 0 saturated carbocycles. The molecular formula is C18H18N4O3. The Morgan fingerprint density at radius 3 is 2.72 bits per heavy atom. The molecule has 0 unspecified atom stereocenters. The number of benzene rings is 1. The van der Waals surface area contributed by atoms with Gasteiger partial charge in [0.2, 0.25) is 0 Å². The van der Waals surface area contributed by atoms with Gasteiger partial charge in [-0.3, -0.25) is 9.59 Å². The van der Waals surface area contributed by atoms with Crippen molar-refractivity contribution < 1.29 is 9.90 Å². The lowest BCUT2D eigenvalue weighted by Crippen LogP contribution is -2.26. The Morgan fingerprint density at radius 2 is 2.08 bits per heavy atom. The van der Waals surface area contributed by atoms with E-state index in [1.807, 2.05) is 31.1 Å². The van der Waals surface area contributed by atoms with Crippen LogP contribution in [0.4, 0.5) is 11.5 Å². The molecule has 7 heteroatoms. The molecule has 3 rings (SSSR count). The van der Waals surface area contributed by atoms with Gasteiger partial charge in [-0.25, -0.2) is 4.98 Å². The van der Waals surface area contributed by atoms with E-state index in [2.05, 4.69) is 15.3 Å². The number of aliphatic hydroxyl groups excluding tert-OH is 1. The number of nitrogens with one attached hydrogen (secondary N) is 2. The van der Waals surface area contributed by atoms with Gasteiger partial charge in [-0.2, -0.15) is 0 Å². The number of nitrogens with zero attached hydrogens (tertiary/aromatic N) is 2. The van der Waals surface area contributed by atoms with E-state index in [4.69, 9.17) is 0 Å². The molecule has 0 bridgehead atoms. The van der Waals surface area contributed by atoms with E-state index in [0.29, 0.717) is 16.7 Å². The van der Waals surface area contributed by atoms with Crippen molar-refractivity contribution in [2.45, 2.75) is 6.61 Å². The van der Waals surface area contributed by atoms with Gasteiger partial charge in [0.1, 0.15) is 11.4 Å². The van der Waals surface area contributed by atoms with E-state index < -0.39 is 18.1 Å². The predicted molar refractivity (Wildman–Crippen MR) is 97.0 cm³/mol. The van der Waals surface area contributed by atoms with Crippen LogP contribution in [0.5, 0.6) is 0 Å². The standard InChI is InChI=1S/C18H18N4O3/c1-22(2)11-6-7-14-12(9-11)13(10-23)16(17(24)20-14)18(25)21-15-5-3-4-8-19-15/h3-9,23H,10H2,1-2H3,(H,20,24)(H,19,21,25). The number of H-pyrrole nitrogens is 1. The molecule has 25 heavy (non-hydrogen) atoms. The molecule has 3 N–H and O–H groups in total. The van der Waals surface area contributed by atoms with Crippen molar-refractivity contribution in [3.63, 3.8) is 0 Å². The van der Waals surface area contributed by atoms with E-state index in [-0.39, 0.29) is 11.1 Å². The molecule has 0 aliphatic rings. The fraction of sp³-hybridized carbons (Fsp3) is 0.167. The lowest BCUT2D eigenvalue weighted by atomic mass is 10.0.